The fourth-order valence-corrected chi connectivity index (χ4v) is 2.83. The zero-order valence-electron chi connectivity index (χ0n) is 10.6. The van der Waals surface area contributed by atoms with Gasteiger partial charge in [0.25, 0.3) is 5.56 Å². The summed E-state index contributed by atoms with van der Waals surface area (Å²) in [7, 11) is 0. The minimum Gasteiger partial charge on any atom is -0.314 e. The molecule has 0 amide bonds. The lowest BCUT2D eigenvalue weighted by molar-refractivity contribution is 0.324. The van der Waals surface area contributed by atoms with Gasteiger partial charge < -0.3 is 9.88 Å². The van der Waals surface area contributed by atoms with Gasteiger partial charge in [0.05, 0.1) is 0 Å². The highest BCUT2D eigenvalue weighted by Crippen LogP contribution is 2.28. The van der Waals surface area contributed by atoms with Crippen molar-refractivity contribution in [1.82, 2.24) is 9.88 Å². The Kier molecular flexibility index (Phi) is 4.37. The normalized spacial score (nSPS) is 18.4. The third-order valence-corrected chi connectivity index (χ3v) is 3.73. The first-order chi connectivity index (χ1) is 8.31. The number of nitrogens with one attached hydrogen (secondary N) is 1. The number of likely N-dealkylation sites (N-methyl/N-ethyl adjacent to an activating group) is 1. The molecule has 17 heavy (non-hydrogen) atoms. The Bertz CT molecular complexity index is 393. The molecule has 0 spiro atoms. The number of nitrogens with zero attached hydrogens (tertiary/aromatic N) is 1. The van der Waals surface area contributed by atoms with Crippen molar-refractivity contribution in [2.45, 2.75) is 45.2 Å². The van der Waals surface area contributed by atoms with E-state index in [-0.39, 0.29) is 5.56 Å². The van der Waals surface area contributed by atoms with Gasteiger partial charge in [-0.3, -0.25) is 4.79 Å². The van der Waals surface area contributed by atoms with Crippen LogP contribution in [0.15, 0.2) is 29.2 Å². The van der Waals surface area contributed by atoms with Crippen molar-refractivity contribution in [3.63, 3.8) is 0 Å². The topological polar surface area (TPSA) is 34.0 Å². The quantitative estimate of drug-likeness (QED) is 0.845. The maximum atomic E-state index is 11.7. The van der Waals surface area contributed by atoms with Crippen LogP contribution in [0.25, 0.3) is 0 Å². The maximum absolute atomic E-state index is 11.7. The lowest BCUT2D eigenvalue weighted by Gasteiger charge is -2.25. The first-order valence-electron chi connectivity index (χ1n) is 6.70. The Hall–Kier alpha value is -1.09. The number of hydrogen-bond acceptors (Lipinski definition) is 2. The predicted octanol–water partition coefficient (Wildman–Crippen LogP) is 2.02. The Balaban J connectivity index is 2.06. The average molecular weight is 234 g/mol. The predicted molar refractivity (Wildman–Crippen MR) is 70.1 cm³/mol. The maximum Gasteiger partial charge on any atom is 0.250 e. The fraction of sp³-hybridized carbons (Fsp3) is 0.643. The van der Waals surface area contributed by atoms with Crippen molar-refractivity contribution >= 4 is 0 Å². The van der Waals surface area contributed by atoms with Crippen molar-refractivity contribution < 1.29 is 0 Å². The summed E-state index contributed by atoms with van der Waals surface area (Å²) in [6, 6.07) is 5.82. The Morgan fingerprint density at radius 2 is 2.18 bits per heavy atom. The third-order valence-electron chi connectivity index (χ3n) is 3.73. The molecule has 1 atom stereocenters. The van der Waals surface area contributed by atoms with Gasteiger partial charge in [-0.2, -0.15) is 0 Å². The summed E-state index contributed by atoms with van der Waals surface area (Å²) in [4.78, 5) is 11.7. The van der Waals surface area contributed by atoms with Gasteiger partial charge in [0.2, 0.25) is 0 Å². The Labute approximate surface area is 103 Å². The molecule has 1 heterocycles. The average Bonchev–Trinajstić information content (AvgIpc) is 2.85. The zero-order valence-corrected chi connectivity index (χ0v) is 10.6. The van der Waals surface area contributed by atoms with E-state index in [2.05, 4.69) is 12.2 Å². The molecule has 3 heteroatoms. The second kappa shape index (κ2) is 6.01. The van der Waals surface area contributed by atoms with E-state index in [1.165, 1.54) is 25.7 Å². The smallest absolute Gasteiger partial charge is 0.250 e. The minimum atomic E-state index is 0.105. The lowest BCUT2D eigenvalue weighted by atomic mass is 9.98. The molecule has 0 saturated heterocycles. The van der Waals surface area contributed by atoms with Crippen molar-refractivity contribution in [1.29, 1.82) is 0 Å². The van der Waals surface area contributed by atoms with Gasteiger partial charge in [-0.15, -0.1) is 0 Å². The lowest BCUT2D eigenvalue weighted by Crippen LogP contribution is -2.40. The van der Waals surface area contributed by atoms with Gasteiger partial charge in [-0.25, -0.2) is 0 Å². The Morgan fingerprint density at radius 1 is 1.41 bits per heavy atom. The van der Waals surface area contributed by atoms with Gasteiger partial charge in [0.15, 0.2) is 0 Å². The van der Waals surface area contributed by atoms with Crippen LogP contribution in [0.5, 0.6) is 0 Å². The van der Waals surface area contributed by atoms with Crippen LogP contribution in [0.3, 0.4) is 0 Å². The summed E-state index contributed by atoms with van der Waals surface area (Å²) in [5, 5.41) is 3.54. The molecule has 1 N–H and O–H groups in total. The fourth-order valence-electron chi connectivity index (χ4n) is 2.83. The molecule has 1 aliphatic rings. The Morgan fingerprint density at radius 3 is 2.82 bits per heavy atom. The summed E-state index contributed by atoms with van der Waals surface area (Å²) in [5.41, 5.74) is 0.105. The van der Waals surface area contributed by atoms with Crippen molar-refractivity contribution in [2.24, 2.45) is 5.92 Å². The highest BCUT2D eigenvalue weighted by atomic mass is 16.1. The first kappa shape index (κ1) is 12.4. The molecular weight excluding hydrogens is 212 g/mol. The molecule has 0 radical (unpaired) electrons. The summed E-state index contributed by atoms with van der Waals surface area (Å²) in [6.07, 6.45) is 7.19. The van der Waals surface area contributed by atoms with Crippen LogP contribution in [0.2, 0.25) is 0 Å². The molecule has 1 aliphatic carbocycles. The van der Waals surface area contributed by atoms with E-state index in [9.17, 15) is 4.79 Å². The number of rotatable bonds is 5. The molecule has 1 aromatic heterocycles. The summed E-state index contributed by atoms with van der Waals surface area (Å²) < 4.78 is 1.83. The van der Waals surface area contributed by atoms with E-state index in [1.807, 2.05) is 16.8 Å². The molecule has 1 fully saturated rings. The van der Waals surface area contributed by atoms with Crippen LogP contribution in [0.1, 0.15) is 32.6 Å². The number of hydrogen-bond donors (Lipinski definition) is 1. The van der Waals surface area contributed by atoms with E-state index in [4.69, 9.17) is 0 Å². The molecule has 94 valence electrons. The number of aromatic nitrogens is 1. The molecule has 1 unspecified atom stereocenters. The third kappa shape index (κ3) is 3.19. The molecule has 1 saturated carbocycles. The molecule has 2 rings (SSSR count). The minimum absolute atomic E-state index is 0.105. The van der Waals surface area contributed by atoms with E-state index >= 15 is 0 Å². The van der Waals surface area contributed by atoms with Crippen molar-refractivity contribution in [3.05, 3.63) is 34.7 Å². The summed E-state index contributed by atoms with van der Waals surface area (Å²) in [5.74, 6) is 0.738. The highest BCUT2D eigenvalue weighted by molar-refractivity contribution is 4.94. The number of pyridine rings is 1. The largest absolute Gasteiger partial charge is 0.314 e. The second-order valence-electron chi connectivity index (χ2n) is 4.90. The van der Waals surface area contributed by atoms with E-state index in [0.717, 1.165) is 19.0 Å². The second-order valence-corrected chi connectivity index (χ2v) is 4.90. The summed E-state index contributed by atoms with van der Waals surface area (Å²) >= 11 is 0. The standard InChI is InChI=1S/C14H22N2O/c1-2-15-13(12-7-3-4-8-12)11-16-10-6-5-9-14(16)17/h5-6,9-10,12-13,15H,2-4,7-8,11H2,1H3. The zero-order chi connectivity index (χ0) is 12.1. The molecule has 1 aromatic rings. The molecule has 0 bridgehead atoms. The monoisotopic (exact) mass is 234 g/mol. The first-order valence-corrected chi connectivity index (χ1v) is 6.70. The van der Waals surface area contributed by atoms with E-state index in [0.29, 0.717) is 6.04 Å². The van der Waals surface area contributed by atoms with Gasteiger partial charge >= 0.3 is 0 Å². The van der Waals surface area contributed by atoms with E-state index in [1.54, 1.807) is 12.1 Å². The van der Waals surface area contributed by atoms with Crippen molar-refractivity contribution in [3.8, 4) is 0 Å². The van der Waals surface area contributed by atoms with Gasteiger partial charge in [-0.05, 0) is 31.4 Å². The molecule has 3 nitrogen and oxygen atoms in total. The van der Waals surface area contributed by atoms with E-state index < -0.39 is 0 Å². The summed E-state index contributed by atoms with van der Waals surface area (Å²) in [6.45, 7) is 3.91. The molecule has 0 aliphatic heterocycles. The van der Waals surface area contributed by atoms with Crippen LogP contribution in [-0.4, -0.2) is 17.2 Å². The van der Waals surface area contributed by atoms with Crippen LogP contribution >= 0.6 is 0 Å². The SMILES string of the molecule is CCNC(Cn1ccccc1=O)C1CCCC1. The molecule has 0 aromatic carbocycles. The van der Waals surface area contributed by atoms with Crippen LogP contribution in [-0.2, 0) is 6.54 Å². The van der Waals surface area contributed by atoms with Crippen LogP contribution in [0.4, 0.5) is 0 Å². The van der Waals surface area contributed by atoms with Gasteiger partial charge in [0, 0.05) is 24.8 Å². The van der Waals surface area contributed by atoms with Gasteiger partial charge in [-0.1, -0.05) is 25.8 Å². The van der Waals surface area contributed by atoms with Gasteiger partial charge in [0.1, 0.15) is 0 Å². The highest BCUT2D eigenvalue weighted by Gasteiger charge is 2.24. The van der Waals surface area contributed by atoms with Crippen LogP contribution in [0, 0.1) is 5.92 Å². The van der Waals surface area contributed by atoms with Crippen molar-refractivity contribution in [2.75, 3.05) is 6.54 Å². The van der Waals surface area contributed by atoms with Crippen LogP contribution < -0.4 is 10.9 Å². The molecular formula is C14H22N2O.